The Hall–Kier alpha value is -1.55. The Labute approximate surface area is 126 Å². The smallest absolute Gasteiger partial charge is 0.170 e. The van der Waals surface area contributed by atoms with Gasteiger partial charge < -0.3 is 15.2 Å². The standard InChI is InChI=1S/C17H25NO3/c1-20-14-7-6-8-15(21-2)16(14)13(19)11-17(12-18)9-4-3-5-10-17/h6-8H,3-5,9-12,18H2,1-2H3. The summed E-state index contributed by atoms with van der Waals surface area (Å²) < 4.78 is 10.7. The summed E-state index contributed by atoms with van der Waals surface area (Å²) in [7, 11) is 3.15. The van der Waals surface area contributed by atoms with Crippen molar-refractivity contribution in [2.24, 2.45) is 11.1 Å². The summed E-state index contributed by atoms with van der Waals surface area (Å²) in [5.41, 5.74) is 6.48. The molecule has 1 fully saturated rings. The van der Waals surface area contributed by atoms with Crippen molar-refractivity contribution >= 4 is 5.78 Å². The molecule has 1 aliphatic rings. The summed E-state index contributed by atoms with van der Waals surface area (Å²) in [6.07, 6.45) is 6.11. The third kappa shape index (κ3) is 3.38. The van der Waals surface area contributed by atoms with Gasteiger partial charge in [-0.05, 0) is 36.9 Å². The van der Waals surface area contributed by atoms with Crippen LogP contribution in [0.3, 0.4) is 0 Å². The molecule has 0 heterocycles. The number of nitrogens with two attached hydrogens (primary N) is 1. The summed E-state index contributed by atoms with van der Waals surface area (Å²) in [5, 5.41) is 0. The van der Waals surface area contributed by atoms with Crippen LogP contribution in [0.1, 0.15) is 48.9 Å². The summed E-state index contributed by atoms with van der Waals surface area (Å²) in [4.78, 5) is 12.8. The zero-order valence-electron chi connectivity index (χ0n) is 13.0. The van der Waals surface area contributed by atoms with Gasteiger partial charge in [-0.15, -0.1) is 0 Å². The van der Waals surface area contributed by atoms with Crippen molar-refractivity contribution in [3.63, 3.8) is 0 Å². The molecule has 1 aromatic carbocycles. The van der Waals surface area contributed by atoms with Crippen molar-refractivity contribution < 1.29 is 14.3 Å². The number of methoxy groups -OCH3 is 2. The highest BCUT2D eigenvalue weighted by Gasteiger charge is 2.34. The molecule has 2 N–H and O–H groups in total. The normalized spacial score (nSPS) is 17.3. The molecule has 1 saturated carbocycles. The Morgan fingerprint density at radius 3 is 2.19 bits per heavy atom. The van der Waals surface area contributed by atoms with E-state index in [2.05, 4.69) is 0 Å². The summed E-state index contributed by atoms with van der Waals surface area (Å²) in [5.74, 6) is 1.21. The van der Waals surface area contributed by atoms with Gasteiger partial charge in [0.2, 0.25) is 0 Å². The van der Waals surface area contributed by atoms with Gasteiger partial charge in [0.1, 0.15) is 17.1 Å². The molecule has 4 nitrogen and oxygen atoms in total. The van der Waals surface area contributed by atoms with Gasteiger partial charge in [-0.25, -0.2) is 0 Å². The second-order valence-electron chi connectivity index (χ2n) is 5.90. The maximum absolute atomic E-state index is 12.8. The molecule has 0 unspecified atom stereocenters. The van der Waals surface area contributed by atoms with E-state index in [1.54, 1.807) is 26.4 Å². The SMILES string of the molecule is COc1cccc(OC)c1C(=O)CC1(CN)CCCCC1. The molecule has 0 atom stereocenters. The van der Waals surface area contributed by atoms with Gasteiger partial charge in [-0.2, -0.15) is 0 Å². The monoisotopic (exact) mass is 291 g/mol. The molecule has 0 amide bonds. The molecule has 1 aliphatic carbocycles. The van der Waals surface area contributed by atoms with Gasteiger partial charge in [0.05, 0.1) is 14.2 Å². The zero-order chi connectivity index (χ0) is 15.3. The summed E-state index contributed by atoms with van der Waals surface area (Å²) in [6, 6.07) is 5.42. The second-order valence-corrected chi connectivity index (χ2v) is 5.90. The van der Waals surface area contributed by atoms with Crippen molar-refractivity contribution in [1.29, 1.82) is 0 Å². The Morgan fingerprint density at radius 1 is 1.14 bits per heavy atom. The van der Waals surface area contributed by atoms with Crippen LogP contribution in [-0.4, -0.2) is 26.5 Å². The minimum absolute atomic E-state index is 0.0544. The summed E-state index contributed by atoms with van der Waals surface area (Å²) in [6.45, 7) is 0.566. The van der Waals surface area contributed by atoms with Crippen LogP contribution in [0, 0.1) is 5.41 Å². The number of hydrogen-bond acceptors (Lipinski definition) is 4. The molecule has 0 aliphatic heterocycles. The Balaban J connectivity index is 2.27. The van der Waals surface area contributed by atoms with Crippen molar-refractivity contribution in [2.75, 3.05) is 20.8 Å². The highest BCUT2D eigenvalue weighted by Crippen LogP contribution is 2.41. The largest absolute Gasteiger partial charge is 0.496 e. The topological polar surface area (TPSA) is 61.5 Å². The van der Waals surface area contributed by atoms with Crippen molar-refractivity contribution in [2.45, 2.75) is 38.5 Å². The lowest BCUT2D eigenvalue weighted by molar-refractivity contribution is 0.0862. The summed E-state index contributed by atoms with van der Waals surface area (Å²) >= 11 is 0. The number of hydrogen-bond donors (Lipinski definition) is 1. The van der Waals surface area contributed by atoms with Crippen LogP contribution < -0.4 is 15.2 Å². The van der Waals surface area contributed by atoms with Gasteiger partial charge in [-0.3, -0.25) is 4.79 Å². The third-order valence-electron chi connectivity index (χ3n) is 4.59. The van der Waals surface area contributed by atoms with Gasteiger partial charge in [0.15, 0.2) is 5.78 Å². The molecule has 0 bridgehead atoms. The number of rotatable bonds is 6. The molecule has 0 saturated heterocycles. The first kappa shape index (κ1) is 15.8. The molecule has 4 heteroatoms. The number of ether oxygens (including phenoxy) is 2. The molecule has 0 spiro atoms. The lowest BCUT2D eigenvalue weighted by Gasteiger charge is -2.35. The van der Waals surface area contributed by atoms with E-state index in [1.807, 2.05) is 6.07 Å². The fraction of sp³-hybridized carbons (Fsp3) is 0.588. The quantitative estimate of drug-likeness (QED) is 0.818. The molecule has 0 radical (unpaired) electrons. The van der Waals surface area contributed by atoms with Crippen LogP contribution >= 0.6 is 0 Å². The van der Waals surface area contributed by atoms with E-state index in [0.717, 1.165) is 25.7 Å². The van der Waals surface area contributed by atoms with E-state index in [4.69, 9.17) is 15.2 Å². The van der Waals surface area contributed by atoms with Crippen molar-refractivity contribution in [3.05, 3.63) is 23.8 Å². The number of carbonyl (C=O) groups excluding carboxylic acids is 1. The van der Waals surface area contributed by atoms with Crippen LogP contribution in [0.15, 0.2) is 18.2 Å². The van der Waals surface area contributed by atoms with Crippen LogP contribution in [0.25, 0.3) is 0 Å². The first-order chi connectivity index (χ1) is 10.2. The van der Waals surface area contributed by atoms with Gasteiger partial charge in [0, 0.05) is 6.42 Å². The van der Waals surface area contributed by atoms with E-state index < -0.39 is 0 Å². The number of carbonyl (C=O) groups is 1. The van der Waals surface area contributed by atoms with Crippen molar-refractivity contribution in [1.82, 2.24) is 0 Å². The Kier molecular flexibility index (Phi) is 5.23. The maximum Gasteiger partial charge on any atom is 0.170 e. The average Bonchev–Trinajstić information content (AvgIpc) is 2.54. The minimum Gasteiger partial charge on any atom is -0.496 e. The molecule has 1 aromatic rings. The van der Waals surface area contributed by atoms with E-state index in [0.29, 0.717) is 30.0 Å². The second kappa shape index (κ2) is 6.94. The van der Waals surface area contributed by atoms with E-state index in [-0.39, 0.29) is 11.2 Å². The molecular weight excluding hydrogens is 266 g/mol. The number of Topliss-reactive ketones (excluding diaryl/α,β-unsaturated/α-hetero) is 1. The zero-order valence-corrected chi connectivity index (χ0v) is 13.0. The van der Waals surface area contributed by atoms with Gasteiger partial charge in [-0.1, -0.05) is 25.3 Å². The van der Waals surface area contributed by atoms with E-state index in [1.165, 1.54) is 6.42 Å². The minimum atomic E-state index is -0.0544. The lowest BCUT2D eigenvalue weighted by atomic mass is 9.70. The van der Waals surface area contributed by atoms with Gasteiger partial charge in [0.25, 0.3) is 0 Å². The maximum atomic E-state index is 12.8. The van der Waals surface area contributed by atoms with Crippen molar-refractivity contribution in [3.8, 4) is 11.5 Å². The van der Waals surface area contributed by atoms with Crippen LogP contribution in [0.2, 0.25) is 0 Å². The lowest BCUT2D eigenvalue weighted by Crippen LogP contribution is -2.35. The van der Waals surface area contributed by atoms with E-state index >= 15 is 0 Å². The highest BCUT2D eigenvalue weighted by atomic mass is 16.5. The average molecular weight is 291 g/mol. The fourth-order valence-electron chi connectivity index (χ4n) is 3.31. The molecule has 21 heavy (non-hydrogen) atoms. The molecular formula is C17H25NO3. The fourth-order valence-corrected chi connectivity index (χ4v) is 3.31. The van der Waals surface area contributed by atoms with Crippen LogP contribution in [0.5, 0.6) is 11.5 Å². The predicted octanol–water partition coefficient (Wildman–Crippen LogP) is 3.19. The highest BCUT2D eigenvalue weighted by molar-refractivity contribution is 6.01. The third-order valence-corrected chi connectivity index (χ3v) is 4.59. The molecule has 2 rings (SSSR count). The van der Waals surface area contributed by atoms with Crippen LogP contribution in [-0.2, 0) is 0 Å². The first-order valence-corrected chi connectivity index (χ1v) is 7.60. The number of benzene rings is 1. The Bertz CT molecular complexity index is 471. The van der Waals surface area contributed by atoms with Crippen LogP contribution in [0.4, 0.5) is 0 Å². The van der Waals surface area contributed by atoms with E-state index in [9.17, 15) is 4.79 Å². The van der Waals surface area contributed by atoms with Gasteiger partial charge >= 0.3 is 0 Å². The molecule has 0 aromatic heterocycles. The predicted molar refractivity (Wildman–Crippen MR) is 83.1 cm³/mol. The Morgan fingerprint density at radius 2 is 1.71 bits per heavy atom. The molecule has 116 valence electrons. The number of ketones is 1. The first-order valence-electron chi connectivity index (χ1n) is 7.60.